The number of aromatic nitrogens is 3. The second-order valence-corrected chi connectivity index (χ2v) is 7.75. The first-order valence-corrected chi connectivity index (χ1v) is 10.0. The molecular formula is C23H27N5O. The van der Waals surface area contributed by atoms with Gasteiger partial charge in [0.1, 0.15) is 0 Å². The zero-order chi connectivity index (χ0) is 20.2. The summed E-state index contributed by atoms with van der Waals surface area (Å²) >= 11 is 0. The molecule has 0 radical (unpaired) electrons. The Bertz CT molecular complexity index is 968. The molecule has 1 aliphatic rings. The van der Waals surface area contributed by atoms with Gasteiger partial charge in [-0.15, -0.1) is 0 Å². The molecule has 0 spiro atoms. The molecule has 2 aromatic heterocycles. The number of pyridine rings is 1. The molecule has 3 aromatic rings. The highest BCUT2D eigenvalue weighted by Gasteiger charge is 2.38. The fraction of sp³-hybridized carbons (Fsp3) is 0.348. The number of amides is 1. The Balaban J connectivity index is 1.43. The second-order valence-electron chi connectivity index (χ2n) is 7.75. The lowest BCUT2D eigenvalue weighted by Crippen LogP contribution is -2.29. The molecule has 150 valence electrons. The van der Waals surface area contributed by atoms with Gasteiger partial charge in [-0.1, -0.05) is 36.4 Å². The quantitative estimate of drug-likeness (QED) is 0.675. The van der Waals surface area contributed by atoms with Gasteiger partial charge in [-0.2, -0.15) is 5.10 Å². The highest BCUT2D eigenvalue weighted by atomic mass is 16.2. The average molecular weight is 390 g/mol. The molecule has 0 unspecified atom stereocenters. The Labute approximate surface area is 171 Å². The van der Waals surface area contributed by atoms with E-state index in [9.17, 15) is 4.79 Å². The van der Waals surface area contributed by atoms with Crippen LogP contribution in [0.5, 0.6) is 0 Å². The largest absolute Gasteiger partial charge is 0.338 e. The number of benzene rings is 1. The van der Waals surface area contributed by atoms with Gasteiger partial charge < -0.3 is 10.2 Å². The predicted octanol–water partition coefficient (Wildman–Crippen LogP) is 2.94. The van der Waals surface area contributed by atoms with Crippen molar-refractivity contribution in [1.29, 1.82) is 0 Å². The molecular weight excluding hydrogens is 362 g/mol. The Morgan fingerprint density at radius 2 is 2.00 bits per heavy atom. The van der Waals surface area contributed by atoms with E-state index in [1.807, 2.05) is 60.2 Å². The topological polar surface area (TPSA) is 63.1 Å². The van der Waals surface area contributed by atoms with Gasteiger partial charge in [-0.25, -0.2) is 0 Å². The van der Waals surface area contributed by atoms with E-state index in [-0.39, 0.29) is 17.9 Å². The zero-order valence-electron chi connectivity index (χ0n) is 17.0. The van der Waals surface area contributed by atoms with E-state index in [4.69, 9.17) is 0 Å². The normalized spacial score (nSPS) is 19.1. The average Bonchev–Trinajstić information content (AvgIpc) is 3.28. The van der Waals surface area contributed by atoms with Gasteiger partial charge in [-0.05, 0) is 24.1 Å². The van der Waals surface area contributed by atoms with Crippen molar-refractivity contribution in [2.45, 2.75) is 32.5 Å². The van der Waals surface area contributed by atoms with Crippen molar-refractivity contribution in [3.63, 3.8) is 0 Å². The number of carbonyl (C=O) groups is 1. The third kappa shape index (κ3) is 4.38. The Kier molecular flexibility index (Phi) is 5.71. The van der Waals surface area contributed by atoms with Crippen LogP contribution in [-0.2, 0) is 17.9 Å². The molecule has 0 saturated carbocycles. The molecule has 2 atom stereocenters. The Morgan fingerprint density at radius 3 is 2.79 bits per heavy atom. The standard InChI is InChI=1S/C23H27N5O/c1-17-19(9-6-10-25-17)12-24-13-20-11-22(29)27(2)23(20)21-14-26-28(16-21)15-18-7-4-3-5-8-18/h3-10,14,16,20,23-24H,11-13,15H2,1-2H3/t20-,23+/m0/s1. The molecule has 0 aliphatic carbocycles. The summed E-state index contributed by atoms with van der Waals surface area (Å²) in [5, 5.41) is 8.07. The molecule has 1 fully saturated rings. The Morgan fingerprint density at radius 1 is 1.17 bits per heavy atom. The molecule has 3 heterocycles. The summed E-state index contributed by atoms with van der Waals surface area (Å²) < 4.78 is 1.95. The van der Waals surface area contributed by atoms with E-state index in [0.29, 0.717) is 6.42 Å². The van der Waals surface area contributed by atoms with Crippen molar-refractivity contribution in [2.24, 2.45) is 5.92 Å². The van der Waals surface area contributed by atoms with Crippen molar-refractivity contribution in [1.82, 2.24) is 25.0 Å². The third-order valence-electron chi connectivity index (χ3n) is 5.71. The summed E-state index contributed by atoms with van der Waals surface area (Å²) in [6.45, 7) is 4.29. The van der Waals surface area contributed by atoms with Crippen LogP contribution in [0.25, 0.3) is 0 Å². The van der Waals surface area contributed by atoms with Gasteiger partial charge in [0.05, 0.1) is 18.8 Å². The molecule has 1 amide bonds. The highest BCUT2D eigenvalue weighted by Crippen LogP contribution is 2.36. The van der Waals surface area contributed by atoms with Crippen LogP contribution in [0.1, 0.15) is 34.8 Å². The van der Waals surface area contributed by atoms with E-state index >= 15 is 0 Å². The fourth-order valence-electron chi connectivity index (χ4n) is 4.12. The molecule has 29 heavy (non-hydrogen) atoms. The van der Waals surface area contributed by atoms with E-state index in [1.54, 1.807) is 0 Å². The molecule has 6 heteroatoms. The SMILES string of the molecule is Cc1ncccc1CNC[C@@H]1CC(=O)N(C)[C@H]1c1cnn(Cc2ccccc2)c1. The van der Waals surface area contributed by atoms with Gasteiger partial charge in [0.2, 0.25) is 5.91 Å². The number of nitrogens with zero attached hydrogens (tertiary/aromatic N) is 4. The molecule has 1 N–H and O–H groups in total. The molecule has 0 bridgehead atoms. The summed E-state index contributed by atoms with van der Waals surface area (Å²) in [5.74, 6) is 0.411. The molecule has 1 saturated heterocycles. The second kappa shape index (κ2) is 8.57. The van der Waals surface area contributed by atoms with Gasteiger partial charge in [0, 0.05) is 56.1 Å². The van der Waals surface area contributed by atoms with E-state index < -0.39 is 0 Å². The molecule has 6 nitrogen and oxygen atoms in total. The van der Waals surface area contributed by atoms with Crippen molar-refractivity contribution in [3.8, 4) is 0 Å². The zero-order valence-corrected chi connectivity index (χ0v) is 17.0. The van der Waals surface area contributed by atoms with Crippen LogP contribution < -0.4 is 5.32 Å². The first kappa shape index (κ1) is 19.3. The number of likely N-dealkylation sites (tertiary alicyclic amines) is 1. The maximum atomic E-state index is 12.4. The number of rotatable bonds is 7. The van der Waals surface area contributed by atoms with Crippen LogP contribution in [0.2, 0.25) is 0 Å². The summed E-state index contributed by atoms with van der Waals surface area (Å²) in [4.78, 5) is 18.6. The number of aryl methyl sites for hydroxylation is 1. The van der Waals surface area contributed by atoms with Crippen molar-refractivity contribution >= 4 is 5.91 Å². The van der Waals surface area contributed by atoms with Crippen LogP contribution in [0.4, 0.5) is 0 Å². The van der Waals surface area contributed by atoms with Gasteiger partial charge in [-0.3, -0.25) is 14.5 Å². The van der Waals surface area contributed by atoms with E-state index in [0.717, 1.165) is 30.9 Å². The van der Waals surface area contributed by atoms with E-state index in [2.05, 4.69) is 39.8 Å². The summed E-state index contributed by atoms with van der Waals surface area (Å²) in [5.41, 5.74) is 4.54. The van der Waals surface area contributed by atoms with Crippen molar-refractivity contribution < 1.29 is 4.79 Å². The number of carbonyl (C=O) groups excluding carboxylic acids is 1. The number of hydrogen-bond acceptors (Lipinski definition) is 4. The predicted molar refractivity (Wildman–Crippen MR) is 112 cm³/mol. The van der Waals surface area contributed by atoms with Crippen molar-refractivity contribution in [2.75, 3.05) is 13.6 Å². The summed E-state index contributed by atoms with van der Waals surface area (Å²) in [6, 6.07) is 14.4. The van der Waals surface area contributed by atoms with Crippen LogP contribution in [-0.4, -0.2) is 39.2 Å². The van der Waals surface area contributed by atoms with Crippen LogP contribution in [0.3, 0.4) is 0 Å². The minimum atomic E-state index is 0.0505. The minimum Gasteiger partial charge on any atom is -0.338 e. The lowest BCUT2D eigenvalue weighted by atomic mass is 9.95. The third-order valence-corrected chi connectivity index (χ3v) is 5.71. The maximum absolute atomic E-state index is 12.4. The number of nitrogens with one attached hydrogen (secondary N) is 1. The van der Waals surface area contributed by atoms with Gasteiger partial charge in [0.25, 0.3) is 0 Å². The lowest BCUT2D eigenvalue weighted by Gasteiger charge is -2.24. The van der Waals surface area contributed by atoms with Crippen molar-refractivity contribution in [3.05, 3.63) is 83.4 Å². The van der Waals surface area contributed by atoms with E-state index in [1.165, 1.54) is 11.1 Å². The minimum absolute atomic E-state index is 0.0505. The van der Waals surface area contributed by atoms with Gasteiger partial charge in [0.15, 0.2) is 0 Å². The summed E-state index contributed by atoms with van der Waals surface area (Å²) in [6.07, 6.45) is 6.35. The smallest absolute Gasteiger partial charge is 0.223 e. The first-order chi connectivity index (χ1) is 14.1. The van der Waals surface area contributed by atoms with Crippen LogP contribution in [0.15, 0.2) is 61.1 Å². The Hall–Kier alpha value is -2.99. The highest BCUT2D eigenvalue weighted by molar-refractivity contribution is 5.79. The number of hydrogen-bond donors (Lipinski definition) is 1. The van der Waals surface area contributed by atoms with Gasteiger partial charge >= 0.3 is 0 Å². The monoisotopic (exact) mass is 389 g/mol. The fourth-order valence-corrected chi connectivity index (χ4v) is 4.12. The lowest BCUT2D eigenvalue weighted by molar-refractivity contribution is -0.127. The molecule has 4 rings (SSSR count). The maximum Gasteiger partial charge on any atom is 0.223 e. The molecule has 1 aromatic carbocycles. The van der Waals surface area contributed by atoms with Crippen LogP contribution >= 0.6 is 0 Å². The molecule has 1 aliphatic heterocycles. The van der Waals surface area contributed by atoms with Crippen LogP contribution in [0, 0.1) is 12.8 Å². The first-order valence-electron chi connectivity index (χ1n) is 10.0. The summed E-state index contributed by atoms with van der Waals surface area (Å²) in [7, 11) is 1.90.